The molecule has 0 bridgehead atoms. The van der Waals surface area contributed by atoms with E-state index < -0.39 is 23.4 Å². The third-order valence-corrected chi connectivity index (χ3v) is 8.80. The average molecular weight is 546 g/mol. The molecule has 2 heterocycles. The molecule has 1 aliphatic carbocycles. The number of ether oxygens (including phenoxy) is 1. The van der Waals surface area contributed by atoms with E-state index >= 15 is 0 Å². The van der Waals surface area contributed by atoms with Gasteiger partial charge in [0.15, 0.2) is 17.3 Å². The van der Waals surface area contributed by atoms with Crippen LogP contribution in [0, 0.1) is 5.41 Å². The van der Waals surface area contributed by atoms with Crippen LogP contribution >= 0.6 is 11.6 Å². The fraction of sp³-hybridized carbons (Fsp3) is 0.147. The number of halogens is 1. The number of benzene rings is 4. The van der Waals surface area contributed by atoms with Gasteiger partial charge in [-0.15, -0.1) is 0 Å². The summed E-state index contributed by atoms with van der Waals surface area (Å²) in [5.74, 6) is -0.791. The number of fused-ring (bicyclic) bond motifs is 5. The molecule has 0 amide bonds. The van der Waals surface area contributed by atoms with Crippen molar-refractivity contribution in [3.63, 3.8) is 0 Å². The monoisotopic (exact) mass is 545 g/mol. The van der Waals surface area contributed by atoms with E-state index in [0.717, 1.165) is 16.8 Å². The number of hydrogen-bond acceptors (Lipinski definition) is 5. The molecule has 1 spiro atoms. The van der Waals surface area contributed by atoms with Gasteiger partial charge >= 0.3 is 0 Å². The summed E-state index contributed by atoms with van der Waals surface area (Å²) in [6.07, 6.45) is 3.81. The summed E-state index contributed by atoms with van der Waals surface area (Å²) in [7, 11) is 1.58. The van der Waals surface area contributed by atoms with Crippen molar-refractivity contribution in [1.29, 1.82) is 0 Å². The number of methoxy groups -OCH3 is 1. The Morgan fingerprint density at radius 1 is 0.850 bits per heavy atom. The Hall–Kier alpha value is -4.48. The molecule has 3 aliphatic rings. The standard InChI is InChI=1S/C34H24ClNO4/c1-40-24-15-11-20(12-16-24)29-30(31(37)21-7-3-2-4-8-21)36-27-17-14-23(35)19-22(27)13-18-28(36)34(29)32(38)25-9-5-6-10-26(25)33(34)39/h2-19,28-30H,1H3/t28-,29+,30-/m0/s1. The van der Waals surface area contributed by atoms with Crippen LogP contribution in [-0.2, 0) is 0 Å². The van der Waals surface area contributed by atoms with E-state index in [0.29, 0.717) is 27.5 Å². The molecule has 3 atom stereocenters. The highest BCUT2D eigenvalue weighted by atomic mass is 35.5. The Balaban J connectivity index is 1.54. The van der Waals surface area contributed by atoms with Gasteiger partial charge in [0.25, 0.3) is 0 Å². The summed E-state index contributed by atoms with van der Waals surface area (Å²) < 4.78 is 5.40. The molecule has 2 aliphatic heterocycles. The van der Waals surface area contributed by atoms with Crippen molar-refractivity contribution >= 4 is 40.7 Å². The van der Waals surface area contributed by atoms with Crippen molar-refractivity contribution in [2.45, 2.75) is 18.0 Å². The molecule has 4 aromatic carbocycles. The minimum absolute atomic E-state index is 0.156. The third-order valence-electron chi connectivity index (χ3n) is 8.57. The normalized spacial score (nSPS) is 21.8. The van der Waals surface area contributed by atoms with Crippen LogP contribution in [0.2, 0.25) is 5.02 Å². The maximum atomic E-state index is 14.6. The van der Waals surface area contributed by atoms with Gasteiger partial charge < -0.3 is 9.64 Å². The van der Waals surface area contributed by atoms with Crippen LogP contribution in [0.1, 0.15) is 48.1 Å². The highest BCUT2D eigenvalue weighted by Crippen LogP contribution is 2.61. The maximum Gasteiger partial charge on any atom is 0.185 e. The molecule has 6 heteroatoms. The van der Waals surface area contributed by atoms with E-state index in [1.807, 2.05) is 71.6 Å². The topological polar surface area (TPSA) is 63.7 Å². The molecule has 0 unspecified atom stereocenters. The van der Waals surface area contributed by atoms with Crippen LogP contribution < -0.4 is 9.64 Å². The largest absolute Gasteiger partial charge is 0.497 e. The van der Waals surface area contributed by atoms with Crippen molar-refractivity contribution in [3.8, 4) is 5.75 Å². The smallest absolute Gasteiger partial charge is 0.185 e. The Bertz CT molecular complexity index is 1690. The van der Waals surface area contributed by atoms with Gasteiger partial charge in [0, 0.05) is 33.3 Å². The molecule has 0 saturated carbocycles. The van der Waals surface area contributed by atoms with Crippen molar-refractivity contribution in [2.75, 3.05) is 12.0 Å². The Labute approximate surface area is 236 Å². The molecule has 0 radical (unpaired) electrons. The third kappa shape index (κ3) is 3.24. The zero-order valence-electron chi connectivity index (χ0n) is 21.6. The summed E-state index contributed by atoms with van der Waals surface area (Å²) in [4.78, 5) is 45.8. The van der Waals surface area contributed by atoms with Crippen LogP contribution in [0.3, 0.4) is 0 Å². The van der Waals surface area contributed by atoms with E-state index in [-0.39, 0.29) is 17.3 Å². The van der Waals surface area contributed by atoms with E-state index in [2.05, 4.69) is 0 Å². The molecule has 40 heavy (non-hydrogen) atoms. The van der Waals surface area contributed by atoms with Gasteiger partial charge in [0.1, 0.15) is 17.2 Å². The Kier molecular flexibility index (Phi) is 5.55. The van der Waals surface area contributed by atoms with E-state index in [9.17, 15) is 14.4 Å². The molecule has 0 aromatic heterocycles. The lowest BCUT2D eigenvalue weighted by atomic mass is 9.64. The highest BCUT2D eigenvalue weighted by Gasteiger charge is 2.71. The van der Waals surface area contributed by atoms with Crippen molar-refractivity contribution in [1.82, 2.24) is 0 Å². The maximum absolute atomic E-state index is 14.6. The lowest BCUT2D eigenvalue weighted by Gasteiger charge is -2.37. The number of carbonyl (C=O) groups excluding carboxylic acids is 3. The minimum Gasteiger partial charge on any atom is -0.497 e. The van der Waals surface area contributed by atoms with Crippen molar-refractivity contribution < 1.29 is 19.1 Å². The van der Waals surface area contributed by atoms with E-state index in [1.54, 1.807) is 49.6 Å². The van der Waals surface area contributed by atoms with Crippen LogP contribution in [-0.4, -0.2) is 36.5 Å². The fourth-order valence-corrected chi connectivity index (χ4v) is 7.09. The second-order valence-corrected chi connectivity index (χ2v) is 10.8. The number of Topliss-reactive ketones (excluding diaryl/α,β-unsaturated/α-hetero) is 3. The molecule has 196 valence electrons. The highest BCUT2D eigenvalue weighted by molar-refractivity contribution is 6.32. The zero-order chi connectivity index (χ0) is 27.6. The van der Waals surface area contributed by atoms with Gasteiger partial charge in [0.05, 0.1) is 13.2 Å². The summed E-state index contributed by atoms with van der Waals surface area (Å²) in [6.45, 7) is 0. The lowest BCUT2D eigenvalue weighted by Crippen LogP contribution is -2.48. The fourth-order valence-electron chi connectivity index (χ4n) is 6.91. The first kappa shape index (κ1) is 24.6. The molecule has 0 N–H and O–H groups in total. The van der Waals surface area contributed by atoms with Gasteiger partial charge in [-0.1, -0.05) is 90.5 Å². The second-order valence-electron chi connectivity index (χ2n) is 10.4. The van der Waals surface area contributed by atoms with E-state index in [1.165, 1.54) is 0 Å². The van der Waals surface area contributed by atoms with Crippen molar-refractivity contribution in [2.24, 2.45) is 5.41 Å². The Morgan fingerprint density at radius 2 is 1.50 bits per heavy atom. The van der Waals surface area contributed by atoms with Gasteiger partial charge in [-0.25, -0.2) is 0 Å². The van der Waals surface area contributed by atoms with Crippen LogP contribution in [0.5, 0.6) is 5.75 Å². The summed E-state index contributed by atoms with van der Waals surface area (Å²) in [5, 5.41) is 0.564. The first-order chi connectivity index (χ1) is 19.5. The Morgan fingerprint density at radius 3 is 2.15 bits per heavy atom. The predicted molar refractivity (Wildman–Crippen MR) is 155 cm³/mol. The number of carbonyl (C=O) groups is 3. The van der Waals surface area contributed by atoms with Gasteiger partial charge in [-0.05, 0) is 41.5 Å². The zero-order valence-corrected chi connectivity index (χ0v) is 22.3. The predicted octanol–water partition coefficient (Wildman–Crippen LogP) is 6.66. The number of rotatable bonds is 4. The van der Waals surface area contributed by atoms with Gasteiger partial charge in [-0.2, -0.15) is 0 Å². The number of ketones is 3. The quantitative estimate of drug-likeness (QED) is 0.212. The SMILES string of the molecule is COc1ccc([C@@H]2[C@@H](C(=O)c3ccccc3)N3c4ccc(Cl)cc4C=C[C@H]3C23C(=O)c2ccccc2C3=O)cc1. The average Bonchev–Trinajstić information content (AvgIpc) is 3.43. The van der Waals surface area contributed by atoms with Crippen LogP contribution in [0.4, 0.5) is 5.69 Å². The number of anilines is 1. The number of hydrogen-bond donors (Lipinski definition) is 0. The van der Waals surface area contributed by atoms with Crippen molar-refractivity contribution in [3.05, 3.63) is 136 Å². The second kappa shape index (κ2) is 9.04. The molecule has 1 saturated heterocycles. The first-order valence-electron chi connectivity index (χ1n) is 13.1. The molecular weight excluding hydrogens is 522 g/mol. The summed E-state index contributed by atoms with van der Waals surface area (Å²) in [5.41, 5.74) is 2.09. The van der Waals surface area contributed by atoms with Gasteiger partial charge in [0.2, 0.25) is 0 Å². The van der Waals surface area contributed by atoms with Crippen LogP contribution in [0.15, 0.2) is 103 Å². The lowest BCUT2D eigenvalue weighted by molar-refractivity contribution is 0.0666. The molecule has 4 aromatic rings. The minimum atomic E-state index is -1.54. The number of nitrogens with zero attached hydrogens (tertiary/aromatic N) is 1. The molecule has 7 rings (SSSR count). The molecular formula is C34H24ClNO4. The van der Waals surface area contributed by atoms with Crippen LogP contribution in [0.25, 0.3) is 6.08 Å². The van der Waals surface area contributed by atoms with Gasteiger partial charge in [-0.3, -0.25) is 14.4 Å². The summed E-state index contributed by atoms with van der Waals surface area (Å²) >= 11 is 6.36. The molecule has 5 nitrogen and oxygen atoms in total. The molecule has 1 fully saturated rings. The first-order valence-corrected chi connectivity index (χ1v) is 13.5. The summed E-state index contributed by atoms with van der Waals surface area (Å²) in [6, 6.07) is 27.4. The van der Waals surface area contributed by atoms with E-state index in [4.69, 9.17) is 16.3 Å².